The summed E-state index contributed by atoms with van der Waals surface area (Å²) in [5, 5.41) is 44.3. The first kappa shape index (κ1) is 31.8. The average molecular weight is 622 g/mol. The summed E-state index contributed by atoms with van der Waals surface area (Å²) in [5.41, 5.74) is 3.90. The van der Waals surface area contributed by atoms with Gasteiger partial charge < -0.3 is 26.0 Å². The van der Waals surface area contributed by atoms with Gasteiger partial charge in [0, 0.05) is 22.6 Å². The highest BCUT2D eigenvalue weighted by molar-refractivity contribution is 8.00. The number of carboxylic acid groups (broad SMARTS) is 2. The predicted molar refractivity (Wildman–Crippen MR) is 150 cm³/mol. The quantitative estimate of drug-likeness (QED) is 0.141. The van der Waals surface area contributed by atoms with Crippen molar-refractivity contribution in [2.75, 3.05) is 12.4 Å². The van der Waals surface area contributed by atoms with Crippen LogP contribution in [0.4, 0.5) is 11.4 Å². The molecule has 0 bridgehead atoms. The number of aliphatic imine (C=N–C) groups is 1. The fraction of sp³-hybridized carbons (Fsp3) is 0.292. The molecule has 1 aliphatic heterocycles. The standard InChI is InChI=1S/C24H23N5O11S2/c25-16(22(31)32)10-40-24(35)20(26-18(30)9-15-2-1-7-41-15)21-27-19(23(33)34)13(11-42-21)4-3-12-5-6-14(28(36)37)8-17(12)29(38)39/h1-8,13,16,20-21H,9-11,25H2,(H,26,30)(H,31,32)(H,33,34)/t13?,16-,20+,21+/m1/s1. The van der Waals surface area contributed by atoms with E-state index in [0.29, 0.717) is 4.88 Å². The van der Waals surface area contributed by atoms with Gasteiger partial charge >= 0.3 is 17.9 Å². The second-order valence-corrected chi connectivity index (χ2v) is 10.8. The molecule has 0 saturated carbocycles. The lowest BCUT2D eigenvalue weighted by Gasteiger charge is -2.29. The van der Waals surface area contributed by atoms with E-state index in [9.17, 15) is 44.5 Å². The van der Waals surface area contributed by atoms with Gasteiger partial charge in [-0.1, -0.05) is 18.2 Å². The van der Waals surface area contributed by atoms with Crippen LogP contribution in [-0.4, -0.2) is 79.4 Å². The van der Waals surface area contributed by atoms with Gasteiger partial charge in [0.05, 0.1) is 27.9 Å². The molecule has 3 rings (SSSR count). The van der Waals surface area contributed by atoms with E-state index >= 15 is 0 Å². The van der Waals surface area contributed by atoms with E-state index in [1.165, 1.54) is 23.5 Å². The molecule has 0 radical (unpaired) electrons. The number of hydrogen-bond acceptors (Lipinski definition) is 13. The highest BCUT2D eigenvalue weighted by Crippen LogP contribution is 2.31. The van der Waals surface area contributed by atoms with E-state index < -0.39 is 80.7 Å². The van der Waals surface area contributed by atoms with Crippen LogP contribution in [0.25, 0.3) is 6.08 Å². The van der Waals surface area contributed by atoms with Crippen LogP contribution in [0, 0.1) is 26.1 Å². The molecule has 222 valence electrons. The Morgan fingerprint density at radius 3 is 2.52 bits per heavy atom. The van der Waals surface area contributed by atoms with E-state index in [1.54, 1.807) is 17.5 Å². The van der Waals surface area contributed by atoms with Crippen LogP contribution >= 0.6 is 23.1 Å². The number of nitro benzene ring substituents is 2. The number of allylic oxidation sites excluding steroid dienone is 1. The molecular weight excluding hydrogens is 598 g/mol. The Balaban J connectivity index is 1.87. The molecule has 1 unspecified atom stereocenters. The molecule has 1 aromatic carbocycles. The van der Waals surface area contributed by atoms with Gasteiger partial charge in [-0.2, -0.15) is 0 Å². The van der Waals surface area contributed by atoms with Gasteiger partial charge in [-0.25, -0.2) is 9.59 Å². The summed E-state index contributed by atoms with van der Waals surface area (Å²) in [6.45, 7) is -0.711. The number of ether oxygens (including phenoxy) is 1. The zero-order chi connectivity index (χ0) is 31.0. The minimum atomic E-state index is -1.54. The molecule has 0 fully saturated rings. The Labute approximate surface area is 244 Å². The Morgan fingerprint density at radius 1 is 1.19 bits per heavy atom. The zero-order valence-corrected chi connectivity index (χ0v) is 23.0. The number of thioether (sulfide) groups is 1. The van der Waals surface area contributed by atoms with Gasteiger partial charge in [0.15, 0.2) is 6.04 Å². The highest BCUT2D eigenvalue weighted by Gasteiger charge is 2.38. The number of thiophene rings is 1. The van der Waals surface area contributed by atoms with Crippen LogP contribution in [0.2, 0.25) is 0 Å². The van der Waals surface area contributed by atoms with Crippen molar-refractivity contribution < 1.29 is 44.0 Å². The summed E-state index contributed by atoms with van der Waals surface area (Å²) in [6, 6.07) is 3.39. The number of nitro groups is 2. The van der Waals surface area contributed by atoms with Crippen LogP contribution in [0.15, 0.2) is 46.8 Å². The molecule has 0 saturated heterocycles. The van der Waals surface area contributed by atoms with E-state index in [4.69, 9.17) is 15.6 Å². The summed E-state index contributed by atoms with van der Waals surface area (Å²) >= 11 is 2.29. The first-order valence-electron chi connectivity index (χ1n) is 11.9. The molecular formula is C24H23N5O11S2. The van der Waals surface area contributed by atoms with E-state index in [-0.39, 0.29) is 17.7 Å². The molecule has 4 atom stereocenters. The van der Waals surface area contributed by atoms with Gasteiger partial charge in [-0.15, -0.1) is 23.1 Å². The third-order valence-corrected chi connectivity index (χ3v) is 7.85. The van der Waals surface area contributed by atoms with Crippen LogP contribution in [0.1, 0.15) is 10.4 Å². The largest absolute Gasteiger partial charge is 0.480 e. The number of nitrogens with zero attached hydrogens (tertiary/aromatic N) is 3. The summed E-state index contributed by atoms with van der Waals surface area (Å²) in [4.78, 5) is 74.4. The first-order valence-corrected chi connectivity index (χ1v) is 13.8. The molecule has 1 aliphatic rings. The van der Waals surface area contributed by atoms with E-state index in [0.717, 1.165) is 30.0 Å². The number of nitrogens with two attached hydrogens (primary N) is 1. The number of non-ortho nitro benzene ring substituents is 1. The number of amides is 1. The summed E-state index contributed by atoms with van der Waals surface area (Å²) in [5.74, 6) is -5.46. The molecule has 1 amide bonds. The Bertz CT molecular complexity index is 1440. The Hall–Kier alpha value is -4.68. The van der Waals surface area contributed by atoms with Crippen molar-refractivity contribution in [3.05, 3.63) is 72.5 Å². The third-order valence-electron chi connectivity index (χ3n) is 5.71. The minimum Gasteiger partial charge on any atom is -0.480 e. The maximum absolute atomic E-state index is 12.9. The number of carbonyl (C=O) groups is 4. The summed E-state index contributed by atoms with van der Waals surface area (Å²) in [7, 11) is 0. The van der Waals surface area contributed by atoms with Gasteiger partial charge in [0.1, 0.15) is 23.7 Å². The molecule has 5 N–H and O–H groups in total. The van der Waals surface area contributed by atoms with Crippen molar-refractivity contribution in [1.82, 2.24) is 5.32 Å². The van der Waals surface area contributed by atoms with Crippen molar-refractivity contribution in [3.8, 4) is 0 Å². The molecule has 2 heterocycles. The number of nitrogens with one attached hydrogen (secondary N) is 1. The lowest BCUT2D eigenvalue weighted by molar-refractivity contribution is -0.394. The van der Waals surface area contributed by atoms with Crippen molar-refractivity contribution in [3.63, 3.8) is 0 Å². The van der Waals surface area contributed by atoms with Gasteiger partial charge in [0.25, 0.3) is 11.4 Å². The lowest BCUT2D eigenvalue weighted by Crippen LogP contribution is -2.51. The maximum Gasteiger partial charge on any atom is 0.350 e. The fourth-order valence-electron chi connectivity index (χ4n) is 3.62. The second-order valence-electron chi connectivity index (χ2n) is 8.64. The van der Waals surface area contributed by atoms with Gasteiger partial charge in [-0.3, -0.25) is 34.8 Å². The number of aliphatic carboxylic acids is 2. The zero-order valence-electron chi connectivity index (χ0n) is 21.4. The summed E-state index contributed by atoms with van der Waals surface area (Å²) < 4.78 is 4.99. The van der Waals surface area contributed by atoms with E-state index in [1.807, 2.05) is 0 Å². The van der Waals surface area contributed by atoms with Crippen LogP contribution in [0.3, 0.4) is 0 Å². The second kappa shape index (κ2) is 14.3. The number of esters is 1. The predicted octanol–water partition coefficient (Wildman–Crippen LogP) is 1.48. The highest BCUT2D eigenvalue weighted by atomic mass is 32.2. The number of carboxylic acids is 2. The first-order chi connectivity index (χ1) is 19.9. The molecule has 0 spiro atoms. The number of benzene rings is 1. The maximum atomic E-state index is 12.9. The SMILES string of the molecule is N[C@H](COC(=O)[C@@H](NC(=O)Cc1cccs1)[C@H]1N=C(C(=O)O)C(C=Cc2ccc([N+](=O)[O-])cc2[N+](=O)[O-])CS1)C(=O)O. The van der Waals surface area contributed by atoms with Crippen molar-refractivity contribution in [1.29, 1.82) is 0 Å². The fourth-order valence-corrected chi connectivity index (χ4v) is 5.56. The Morgan fingerprint density at radius 2 is 1.93 bits per heavy atom. The number of hydrogen-bond donors (Lipinski definition) is 4. The van der Waals surface area contributed by atoms with E-state index in [2.05, 4.69) is 10.3 Å². The lowest BCUT2D eigenvalue weighted by atomic mass is 10.0. The summed E-state index contributed by atoms with van der Waals surface area (Å²) in [6.07, 6.45) is 2.48. The van der Waals surface area contributed by atoms with Crippen molar-refractivity contribution >= 4 is 70.1 Å². The smallest absolute Gasteiger partial charge is 0.350 e. The molecule has 18 heteroatoms. The molecule has 2 aromatic rings. The normalized spacial score (nSPS) is 18.0. The van der Waals surface area contributed by atoms with Crippen LogP contribution in [0.5, 0.6) is 0 Å². The van der Waals surface area contributed by atoms with Gasteiger partial charge in [0.2, 0.25) is 5.91 Å². The molecule has 16 nitrogen and oxygen atoms in total. The molecule has 1 aromatic heterocycles. The molecule has 42 heavy (non-hydrogen) atoms. The van der Waals surface area contributed by atoms with Crippen LogP contribution in [-0.2, 0) is 30.3 Å². The van der Waals surface area contributed by atoms with Gasteiger partial charge in [-0.05, 0) is 17.5 Å². The molecule has 0 aliphatic carbocycles. The van der Waals surface area contributed by atoms with Crippen molar-refractivity contribution in [2.24, 2.45) is 16.6 Å². The third kappa shape index (κ3) is 8.41. The van der Waals surface area contributed by atoms with Crippen LogP contribution < -0.4 is 11.1 Å². The average Bonchev–Trinajstić information content (AvgIpc) is 3.45. The van der Waals surface area contributed by atoms with Crippen molar-refractivity contribution in [2.45, 2.75) is 23.9 Å². The Kier molecular flexibility index (Phi) is 10.8. The topological polar surface area (TPSA) is 255 Å². The number of rotatable bonds is 13. The number of carbonyl (C=O) groups excluding carboxylic acids is 2. The monoisotopic (exact) mass is 621 g/mol. The minimum absolute atomic E-state index is 0.00624.